The third kappa shape index (κ3) is 4.23. The highest BCUT2D eigenvalue weighted by Crippen LogP contribution is 2.32. The molecule has 29 heavy (non-hydrogen) atoms. The van der Waals surface area contributed by atoms with E-state index in [9.17, 15) is 14.4 Å². The van der Waals surface area contributed by atoms with Gasteiger partial charge in [-0.2, -0.15) is 0 Å². The number of imide groups is 1. The number of benzene rings is 2. The summed E-state index contributed by atoms with van der Waals surface area (Å²) in [6.45, 7) is 3.76. The summed E-state index contributed by atoms with van der Waals surface area (Å²) >= 11 is 12.0. The molecule has 0 bridgehead atoms. The summed E-state index contributed by atoms with van der Waals surface area (Å²) in [6, 6.07) is 12.7. The molecule has 3 amide bonds. The molecule has 0 aliphatic carbocycles. The van der Waals surface area contributed by atoms with E-state index in [-0.39, 0.29) is 5.92 Å². The van der Waals surface area contributed by atoms with Crippen LogP contribution >= 0.6 is 23.2 Å². The lowest BCUT2D eigenvalue weighted by molar-refractivity contribution is -0.158. The maximum absolute atomic E-state index is 13.0. The SMILES string of the molecule is CC(C)[C@H](C(=O)O[C@@H]1C(=O)N(C)C(=O)N1c1cccc(Cl)c1)c1ccc(Cl)cc1. The molecule has 0 radical (unpaired) electrons. The maximum atomic E-state index is 13.0. The zero-order valence-electron chi connectivity index (χ0n) is 16.1. The molecule has 1 saturated heterocycles. The molecule has 0 spiro atoms. The third-order valence-electron chi connectivity index (χ3n) is 4.73. The van der Waals surface area contributed by atoms with E-state index in [1.165, 1.54) is 13.1 Å². The Labute approximate surface area is 178 Å². The van der Waals surface area contributed by atoms with Crippen molar-refractivity contribution in [3.8, 4) is 0 Å². The third-order valence-corrected chi connectivity index (χ3v) is 5.22. The summed E-state index contributed by atoms with van der Waals surface area (Å²) in [6.07, 6.45) is -1.40. The normalized spacial score (nSPS) is 17.8. The first kappa shape index (κ1) is 21.1. The summed E-state index contributed by atoms with van der Waals surface area (Å²) in [5, 5.41) is 0.943. The van der Waals surface area contributed by atoms with Gasteiger partial charge in [0.2, 0.25) is 0 Å². The quantitative estimate of drug-likeness (QED) is 0.505. The van der Waals surface area contributed by atoms with Crippen molar-refractivity contribution in [3.05, 3.63) is 64.1 Å². The van der Waals surface area contributed by atoms with Crippen LogP contribution in [0.3, 0.4) is 0 Å². The van der Waals surface area contributed by atoms with Crippen molar-refractivity contribution in [1.82, 2.24) is 4.90 Å². The van der Waals surface area contributed by atoms with E-state index in [2.05, 4.69) is 0 Å². The van der Waals surface area contributed by atoms with Gasteiger partial charge in [-0.25, -0.2) is 9.69 Å². The summed E-state index contributed by atoms with van der Waals surface area (Å²) in [5.74, 6) is -1.95. The van der Waals surface area contributed by atoms with Crippen LogP contribution in [0.25, 0.3) is 0 Å². The largest absolute Gasteiger partial charge is 0.431 e. The molecule has 1 fully saturated rings. The smallest absolute Gasteiger partial charge is 0.334 e. The Morgan fingerprint density at radius 2 is 1.69 bits per heavy atom. The number of hydrogen-bond donors (Lipinski definition) is 0. The average Bonchev–Trinajstić information content (AvgIpc) is 2.87. The predicted octanol–water partition coefficient (Wildman–Crippen LogP) is 4.70. The average molecular weight is 435 g/mol. The van der Waals surface area contributed by atoms with Crippen molar-refractivity contribution >= 4 is 46.8 Å². The highest BCUT2D eigenvalue weighted by atomic mass is 35.5. The number of ether oxygens (including phenoxy) is 1. The molecule has 0 N–H and O–H groups in total. The van der Waals surface area contributed by atoms with Gasteiger partial charge in [0.05, 0.1) is 11.6 Å². The lowest BCUT2D eigenvalue weighted by Crippen LogP contribution is -2.40. The van der Waals surface area contributed by atoms with Crippen molar-refractivity contribution in [3.63, 3.8) is 0 Å². The van der Waals surface area contributed by atoms with Crippen LogP contribution in [0.5, 0.6) is 0 Å². The Balaban J connectivity index is 1.92. The minimum absolute atomic E-state index is 0.103. The van der Waals surface area contributed by atoms with Crippen LogP contribution in [-0.2, 0) is 14.3 Å². The van der Waals surface area contributed by atoms with Crippen molar-refractivity contribution in [2.45, 2.75) is 26.0 Å². The molecule has 1 aliphatic heterocycles. The number of halogens is 2. The number of amides is 3. The molecule has 0 aromatic heterocycles. The molecular weight excluding hydrogens is 415 g/mol. The summed E-state index contributed by atoms with van der Waals surface area (Å²) in [7, 11) is 1.34. The molecule has 8 heteroatoms. The molecule has 2 atom stereocenters. The molecule has 1 aliphatic rings. The second-order valence-electron chi connectivity index (χ2n) is 7.09. The predicted molar refractivity (Wildman–Crippen MR) is 111 cm³/mol. The molecule has 6 nitrogen and oxygen atoms in total. The number of hydrogen-bond acceptors (Lipinski definition) is 4. The van der Waals surface area contributed by atoms with Crippen molar-refractivity contribution in [2.24, 2.45) is 5.92 Å². The maximum Gasteiger partial charge on any atom is 0.334 e. The number of carbonyl (C=O) groups excluding carboxylic acids is 3. The van der Waals surface area contributed by atoms with E-state index in [4.69, 9.17) is 27.9 Å². The van der Waals surface area contributed by atoms with Gasteiger partial charge < -0.3 is 4.74 Å². The van der Waals surface area contributed by atoms with Crippen molar-refractivity contribution in [2.75, 3.05) is 11.9 Å². The van der Waals surface area contributed by atoms with Crippen LogP contribution in [-0.4, -0.2) is 36.1 Å². The minimum atomic E-state index is -1.40. The number of anilines is 1. The number of rotatable bonds is 5. The number of urea groups is 1. The summed E-state index contributed by atoms with van der Waals surface area (Å²) in [4.78, 5) is 40.3. The van der Waals surface area contributed by atoms with Gasteiger partial charge in [-0.3, -0.25) is 14.5 Å². The van der Waals surface area contributed by atoms with Crippen LogP contribution in [0.2, 0.25) is 10.0 Å². The zero-order chi connectivity index (χ0) is 21.3. The second kappa shape index (κ2) is 8.43. The fourth-order valence-electron chi connectivity index (χ4n) is 3.25. The number of likely N-dealkylation sites (N-methyl/N-ethyl adjacent to an activating group) is 1. The Morgan fingerprint density at radius 3 is 2.28 bits per heavy atom. The van der Waals surface area contributed by atoms with Gasteiger partial charge in [0, 0.05) is 17.1 Å². The molecule has 2 aromatic carbocycles. The highest BCUT2D eigenvalue weighted by molar-refractivity contribution is 6.31. The van der Waals surface area contributed by atoms with Crippen LogP contribution < -0.4 is 4.90 Å². The standard InChI is InChI=1S/C21H20Cl2N2O4/c1-12(2)17(13-7-9-14(22)10-8-13)20(27)29-19-18(26)24(3)21(28)25(19)16-6-4-5-15(23)11-16/h4-12,17,19H,1-3H3/t17-,19+/m0/s1. The van der Waals surface area contributed by atoms with E-state index in [1.807, 2.05) is 13.8 Å². The Bertz CT molecular complexity index is 946. The fraction of sp³-hybridized carbons (Fsp3) is 0.286. The Hall–Kier alpha value is -2.57. The fourth-order valence-corrected chi connectivity index (χ4v) is 3.56. The first-order valence-electron chi connectivity index (χ1n) is 9.03. The second-order valence-corrected chi connectivity index (χ2v) is 7.97. The van der Waals surface area contributed by atoms with Gasteiger partial charge in [0.1, 0.15) is 0 Å². The molecule has 1 heterocycles. The number of nitrogens with zero attached hydrogens (tertiary/aromatic N) is 2. The van der Waals surface area contributed by atoms with Gasteiger partial charge in [-0.15, -0.1) is 0 Å². The summed E-state index contributed by atoms with van der Waals surface area (Å²) < 4.78 is 5.58. The molecule has 0 unspecified atom stereocenters. The van der Waals surface area contributed by atoms with Crippen LogP contribution in [0.1, 0.15) is 25.3 Å². The Kier molecular flexibility index (Phi) is 6.15. The van der Waals surface area contributed by atoms with E-state index in [0.29, 0.717) is 21.3 Å². The molecular formula is C21H20Cl2N2O4. The minimum Gasteiger partial charge on any atom is -0.431 e. The van der Waals surface area contributed by atoms with Crippen molar-refractivity contribution < 1.29 is 19.1 Å². The van der Waals surface area contributed by atoms with Gasteiger partial charge in [0.25, 0.3) is 12.1 Å². The lowest BCUT2D eigenvalue weighted by atomic mass is 9.88. The van der Waals surface area contributed by atoms with Crippen LogP contribution in [0.4, 0.5) is 10.5 Å². The molecule has 0 saturated carbocycles. The van der Waals surface area contributed by atoms with Gasteiger partial charge in [-0.1, -0.05) is 55.2 Å². The van der Waals surface area contributed by atoms with Gasteiger partial charge >= 0.3 is 12.0 Å². The molecule has 2 aromatic rings. The van der Waals surface area contributed by atoms with E-state index in [0.717, 1.165) is 9.80 Å². The highest BCUT2D eigenvalue weighted by Gasteiger charge is 2.47. The Morgan fingerprint density at radius 1 is 1.03 bits per heavy atom. The van der Waals surface area contributed by atoms with Crippen LogP contribution in [0.15, 0.2) is 48.5 Å². The first-order chi connectivity index (χ1) is 13.7. The molecule has 152 valence electrons. The van der Waals surface area contributed by atoms with E-state index < -0.39 is 30.1 Å². The number of esters is 1. The summed E-state index contributed by atoms with van der Waals surface area (Å²) in [5.41, 5.74) is 1.08. The zero-order valence-corrected chi connectivity index (χ0v) is 17.6. The van der Waals surface area contributed by atoms with Gasteiger partial charge in [0.15, 0.2) is 0 Å². The van der Waals surface area contributed by atoms with Crippen molar-refractivity contribution in [1.29, 1.82) is 0 Å². The first-order valence-corrected chi connectivity index (χ1v) is 9.78. The molecule has 3 rings (SSSR count). The van der Waals surface area contributed by atoms with Crippen LogP contribution in [0, 0.1) is 5.92 Å². The van der Waals surface area contributed by atoms with Gasteiger partial charge in [-0.05, 0) is 41.8 Å². The monoisotopic (exact) mass is 434 g/mol. The topological polar surface area (TPSA) is 66.9 Å². The number of carbonyl (C=O) groups is 3. The van der Waals surface area contributed by atoms with E-state index in [1.54, 1.807) is 42.5 Å². The lowest BCUT2D eigenvalue weighted by Gasteiger charge is -2.25. The van der Waals surface area contributed by atoms with E-state index >= 15 is 0 Å².